The Balaban J connectivity index is 3.84. The predicted molar refractivity (Wildman–Crippen MR) is 54.2 cm³/mol. The Bertz CT molecular complexity index is 208. The number of nitrogens with two attached hydrogens (primary N) is 1. The molecule has 0 fully saturated rings. The van der Waals surface area contributed by atoms with E-state index in [1.807, 2.05) is 0 Å². The van der Waals surface area contributed by atoms with Gasteiger partial charge in [-0.15, -0.1) is 0 Å². The van der Waals surface area contributed by atoms with E-state index in [2.05, 4.69) is 5.32 Å². The lowest BCUT2D eigenvalue weighted by Crippen LogP contribution is -2.41. The van der Waals surface area contributed by atoms with Crippen LogP contribution in [0.2, 0.25) is 0 Å². The third-order valence-electron chi connectivity index (χ3n) is 1.91. The van der Waals surface area contributed by atoms with Crippen molar-refractivity contribution in [3.8, 4) is 0 Å². The lowest BCUT2D eigenvalue weighted by Gasteiger charge is -2.12. The van der Waals surface area contributed by atoms with Gasteiger partial charge in [0.1, 0.15) is 6.04 Å². The van der Waals surface area contributed by atoms with Crippen LogP contribution >= 0.6 is 0 Å². The fourth-order valence-corrected chi connectivity index (χ4v) is 1.08. The lowest BCUT2D eigenvalue weighted by atomic mass is 10.2. The molecule has 0 aliphatic carbocycles. The number of carbonyl (C=O) groups is 2. The van der Waals surface area contributed by atoms with Crippen molar-refractivity contribution < 1.29 is 19.8 Å². The largest absolute Gasteiger partial charge is 0.480 e. The molecule has 1 atom stereocenters. The Kier molecular flexibility index (Phi) is 7.57. The average molecular weight is 218 g/mol. The maximum atomic E-state index is 11.2. The Labute approximate surface area is 88.5 Å². The summed E-state index contributed by atoms with van der Waals surface area (Å²) in [6, 6.07) is -1.000. The third-order valence-corrected chi connectivity index (χ3v) is 1.91. The van der Waals surface area contributed by atoms with Crippen molar-refractivity contribution in [3.63, 3.8) is 0 Å². The summed E-state index contributed by atoms with van der Waals surface area (Å²) in [6.07, 6.45) is 1.68. The summed E-state index contributed by atoms with van der Waals surface area (Å²) in [7, 11) is 0. The van der Waals surface area contributed by atoms with Crippen molar-refractivity contribution in [3.05, 3.63) is 0 Å². The van der Waals surface area contributed by atoms with Crippen molar-refractivity contribution in [2.75, 3.05) is 13.2 Å². The average Bonchev–Trinajstić information content (AvgIpc) is 2.17. The van der Waals surface area contributed by atoms with E-state index in [1.54, 1.807) is 0 Å². The van der Waals surface area contributed by atoms with Gasteiger partial charge in [-0.05, 0) is 19.4 Å². The highest BCUT2D eigenvalue weighted by Crippen LogP contribution is 1.97. The molecule has 0 aromatic rings. The molecule has 0 aromatic heterocycles. The molecular formula is C9H18N2O4. The van der Waals surface area contributed by atoms with Crippen molar-refractivity contribution in [1.82, 2.24) is 5.32 Å². The van der Waals surface area contributed by atoms with Crippen molar-refractivity contribution in [2.24, 2.45) is 5.73 Å². The van der Waals surface area contributed by atoms with Gasteiger partial charge >= 0.3 is 5.97 Å². The molecule has 1 amide bonds. The monoisotopic (exact) mass is 218 g/mol. The maximum absolute atomic E-state index is 11.2. The number of aliphatic carboxylic acids is 1. The van der Waals surface area contributed by atoms with Crippen LogP contribution < -0.4 is 11.1 Å². The molecule has 5 N–H and O–H groups in total. The van der Waals surface area contributed by atoms with Gasteiger partial charge in [-0.3, -0.25) is 4.79 Å². The summed E-state index contributed by atoms with van der Waals surface area (Å²) in [5.74, 6) is -1.44. The minimum absolute atomic E-state index is 0.0258. The molecule has 0 aliphatic heterocycles. The molecule has 15 heavy (non-hydrogen) atoms. The summed E-state index contributed by atoms with van der Waals surface area (Å²) in [6.45, 7) is 0.256. The fourth-order valence-electron chi connectivity index (χ4n) is 1.08. The number of carboxylic acid groups (broad SMARTS) is 1. The van der Waals surface area contributed by atoms with Gasteiger partial charge in [0.05, 0.1) is 0 Å². The number of amides is 1. The summed E-state index contributed by atoms with van der Waals surface area (Å²) in [4.78, 5) is 21.8. The van der Waals surface area contributed by atoms with Crippen LogP contribution in [0.1, 0.15) is 25.7 Å². The highest BCUT2D eigenvalue weighted by Gasteiger charge is 2.18. The molecule has 6 nitrogen and oxygen atoms in total. The SMILES string of the molecule is NCCCCC(=O)N[C@H](CCO)C(=O)O. The number of nitrogens with one attached hydrogen (secondary N) is 1. The fraction of sp³-hybridized carbons (Fsp3) is 0.778. The first-order valence-corrected chi connectivity index (χ1v) is 4.95. The van der Waals surface area contributed by atoms with Gasteiger partial charge in [0.25, 0.3) is 0 Å². The molecule has 0 unspecified atom stereocenters. The van der Waals surface area contributed by atoms with E-state index in [0.717, 1.165) is 6.42 Å². The number of rotatable bonds is 8. The lowest BCUT2D eigenvalue weighted by molar-refractivity contribution is -0.142. The van der Waals surface area contributed by atoms with E-state index in [4.69, 9.17) is 15.9 Å². The molecule has 0 rings (SSSR count). The second-order valence-electron chi connectivity index (χ2n) is 3.22. The summed E-state index contributed by atoms with van der Waals surface area (Å²) in [5, 5.41) is 19.6. The van der Waals surface area contributed by atoms with Gasteiger partial charge in [-0.25, -0.2) is 4.79 Å². The van der Waals surface area contributed by atoms with E-state index < -0.39 is 12.0 Å². The Morgan fingerprint density at radius 1 is 1.33 bits per heavy atom. The quantitative estimate of drug-likeness (QED) is 0.393. The molecular weight excluding hydrogens is 200 g/mol. The number of hydrogen-bond donors (Lipinski definition) is 4. The number of aliphatic hydroxyl groups excluding tert-OH is 1. The zero-order chi connectivity index (χ0) is 11.7. The molecule has 0 saturated carbocycles. The Hall–Kier alpha value is -1.14. The second-order valence-corrected chi connectivity index (χ2v) is 3.22. The molecule has 0 saturated heterocycles. The molecule has 0 radical (unpaired) electrons. The van der Waals surface area contributed by atoms with Crippen LogP contribution in [0.5, 0.6) is 0 Å². The normalized spacial score (nSPS) is 12.1. The van der Waals surface area contributed by atoms with Gasteiger partial charge in [0, 0.05) is 19.4 Å². The minimum Gasteiger partial charge on any atom is -0.480 e. The highest BCUT2D eigenvalue weighted by molar-refractivity contribution is 5.83. The first-order chi connectivity index (χ1) is 7.11. The second kappa shape index (κ2) is 8.19. The maximum Gasteiger partial charge on any atom is 0.326 e. The van der Waals surface area contributed by atoms with Crippen LogP contribution in [0.25, 0.3) is 0 Å². The number of hydrogen-bond acceptors (Lipinski definition) is 4. The van der Waals surface area contributed by atoms with Crippen molar-refractivity contribution in [1.29, 1.82) is 0 Å². The van der Waals surface area contributed by atoms with Crippen LogP contribution in [0.4, 0.5) is 0 Å². The molecule has 0 aliphatic rings. The predicted octanol–water partition coefficient (Wildman–Crippen LogP) is -0.933. The minimum atomic E-state index is -1.13. The van der Waals surface area contributed by atoms with E-state index in [9.17, 15) is 9.59 Å². The number of aliphatic hydroxyl groups is 1. The summed E-state index contributed by atoms with van der Waals surface area (Å²) < 4.78 is 0. The number of carboxylic acids is 1. The van der Waals surface area contributed by atoms with Gasteiger partial charge in [-0.2, -0.15) is 0 Å². The van der Waals surface area contributed by atoms with Crippen LogP contribution in [0.3, 0.4) is 0 Å². The molecule has 0 spiro atoms. The van der Waals surface area contributed by atoms with Crippen LogP contribution in [0.15, 0.2) is 0 Å². The zero-order valence-electron chi connectivity index (χ0n) is 8.61. The number of carbonyl (C=O) groups excluding carboxylic acids is 1. The Morgan fingerprint density at radius 3 is 2.47 bits per heavy atom. The molecule has 0 heterocycles. The van der Waals surface area contributed by atoms with E-state index in [-0.39, 0.29) is 25.4 Å². The van der Waals surface area contributed by atoms with Crippen molar-refractivity contribution in [2.45, 2.75) is 31.7 Å². The third kappa shape index (κ3) is 6.87. The van der Waals surface area contributed by atoms with Crippen LogP contribution in [-0.2, 0) is 9.59 Å². The van der Waals surface area contributed by atoms with Crippen LogP contribution in [0, 0.1) is 0 Å². The van der Waals surface area contributed by atoms with Crippen molar-refractivity contribution >= 4 is 11.9 Å². The standard InChI is InChI=1S/C9H18N2O4/c10-5-2-1-3-8(13)11-7(4-6-12)9(14)15/h7,12H,1-6,10H2,(H,11,13)(H,14,15)/t7-/m1/s1. The van der Waals surface area contributed by atoms with Gasteiger partial charge in [0.2, 0.25) is 5.91 Å². The van der Waals surface area contributed by atoms with Crippen LogP contribution in [-0.4, -0.2) is 41.3 Å². The smallest absolute Gasteiger partial charge is 0.326 e. The molecule has 6 heteroatoms. The molecule has 0 aromatic carbocycles. The highest BCUT2D eigenvalue weighted by atomic mass is 16.4. The van der Waals surface area contributed by atoms with E-state index in [1.165, 1.54) is 0 Å². The molecule has 0 bridgehead atoms. The van der Waals surface area contributed by atoms with Gasteiger partial charge < -0.3 is 21.3 Å². The zero-order valence-corrected chi connectivity index (χ0v) is 8.61. The molecule has 88 valence electrons. The number of unbranched alkanes of at least 4 members (excludes halogenated alkanes) is 1. The Morgan fingerprint density at radius 2 is 2.00 bits per heavy atom. The summed E-state index contributed by atoms with van der Waals surface area (Å²) in [5.41, 5.74) is 5.25. The van der Waals surface area contributed by atoms with E-state index >= 15 is 0 Å². The summed E-state index contributed by atoms with van der Waals surface area (Å²) >= 11 is 0. The van der Waals surface area contributed by atoms with E-state index in [0.29, 0.717) is 13.0 Å². The van der Waals surface area contributed by atoms with Gasteiger partial charge in [-0.1, -0.05) is 0 Å². The first kappa shape index (κ1) is 13.9. The topological polar surface area (TPSA) is 113 Å². The van der Waals surface area contributed by atoms with Gasteiger partial charge in [0.15, 0.2) is 0 Å². The first-order valence-electron chi connectivity index (χ1n) is 4.95.